The molecule has 0 fully saturated rings. The second-order valence-corrected chi connectivity index (χ2v) is 3.66. The zero-order chi connectivity index (χ0) is 12.0. The molecule has 0 radical (unpaired) electrons. The van der Waals surface area contributed by atoms with E-state index in [1.54, 1.807) is 25.3 Å². The summed E-state index contributed by atoms with van der Waals surface area (Å²) in [6.07, 6.45) is 0.733. The van der Waals surface area contributed by atoms with E-state index in [0.717, 1.165) is 6.42 Å². The summed E-state index contributed by atoms with van der Waals surface area (Å²) in [6, 6.07) is 5.26. The molecule has 0 heterocycles. The predicted molar refractivity (Wildman–Crippen MR) is 63.8 cm³/mol. The standard InChI is InChI=1S/C12H15ClO3/c1-9(14)10-5-3-6-11(15-2)12(10)16-8-4-7-13/h3,5-6H,4,7-8H2,1-2H3. The Morgan fingerprint density at radius 1 is 1.44 bits per heavy atom. The van der Waals surface area contributed by atoms with Crippen LogP contribution in [0.25, 0.3) is 0 Å². The summed E-state index contributed by atoms with van der Waals surface area (Å²) in [4.78, 5) is 11.4. The number of methoxy groups -OCH3 is 1. The molecule has 88 valence electrons. The molecule has 0 saturated carbocycles. The summed E-state index contributed by atoms with van der Waals surface area (Å²) in [5, 5.41) is 0. The van der Waals surface area contributed by atoms with E-state index in [4.69, 9.17) is 21.1 Å². The molecule has 1 aromatic carbocycles. The molecule has 0 saturated heterocycles. The van der Waals surface area contributed by atoms with Gasteiger partial charge in [-0.2, -0.15) is 0 Å². The third-order valence-electron chi connectivity index (χ3n) is 2.10. The minimum absolute atomic E-state index is 0.0419. The molecular formula is C12H15ClO3. The fourth-order valence-electron chi connectivity index (χ4n) is 1.33. The van der Waals surface area contributed by atoms with Crippen molar-refractivity contribution >= 4 is 17.4 Å². The number of para-hydroxylation sites is 1. The highest BCUT2D eigenvalue weighted by atomic mass is 35.5. The molecule has 0 aliphatic rings. The van der Waals surface area contributed by atoms with Crippen molar-refractivity contribution in [3.63, 3.8) is 0 Å². The quantitative estimate of drug-likeness (QED) is 0.437. The van der Waals surface area contributed by atoms with Gasteiger partial charge in [-0.15, -0.1) is 11.6 Å². The number of benzene rings is 1. The number of Topliss-reactive ketones (excluding diaryl/α,β-unsaturated/α-hetero) is 1. The first-order chi connectivity index (χ1) is 7.70. The van der Waals surface area contributed by atoms with Gasteiger partial charge in [-0.05, 0) is 25.5 Å². The maximum atomic E-state index is 11.4. The highest BCUT2D eigenvalue weighted by Gasteiger charge is 2.13. The Hall–Kier alpha value is -1.22. The van der Waals surface area contributed by atoms with Crippen LogP contribution in [0.1, 0.15) is 23.7 Å². The van der Waals surface area contributed by atoms with E-state index in [-0.39, 0.29) is 5.78 Å². The van der Waals surface area contributed by atoms with Crippen molar-refractivity contribution < 1.29 is 14.3 Å². The highest BCUT2D eigenvalue weighted by Crippen LogP contribution is 2.31. The predicted octanol–water partition coefficient (Wildman–Crippen LogP) is 2.91. The third-order valence-corrected chi connectivity index (χ3v) is 2.37. The lowest BCUT2D eigenvalue weighted by Crippen LogP contribution is -2.05. The molecule has 1 aromatic rings. The van der Waals surface area contributed by atoms with Crippen LogP contribution >= 0.6 is 11.6 Å². The van der Waals surface area contributed by atoms with Crippen LogP contribution in [-0.4, -0.2) is 25.4 Å². The van der Waals surface area contributed by atoms with E-state index >= 15 is 0 Å². The summed E-state index contributed by atoms with van der Waals surface area (Å²) in [6.45, 7) is 1.98. The Balaban J connectivity index is 2.95. The third kappa shape index (κ3) is 3.14. The minimum Gasteiger partial charge on any atom is -0.493 e. The van der Waals surface area contributed by atoms with Crippen LogP contribution in [0.5, 0.6) is 11.5 Å². The van der Waals surface area contributed by atoms with Crippen LogP contribution in [0, 0.1) is 0 Å². The average Bonchev–Trinajstić information content (AvgIpc) is 2.29. The molecule has 0 aliphatic heterocycles. The van der Waals surface area contributed by atoms with E-state index in [1.165, 1.54) is 6.92 Å². The van der Waals surface area contributed by atoms with Crippen LogP contribution < -0.4 is 9.47 Å². The van der Waals surface area contributed by atoms with Gasteiger partial charge in [0, 0.05) is 5.88 Å². The molecule has 3 nitrogen and oxygen atoms in total. The van der Waals surface area contributed by atoms with Gasteiger partial charge in [0.15, 0.2) is 17.3 Å². The smallest absolute Gasteiger partial charge is 0.171 e. The topological polar surface area (TPSA) is 35.5 Å². The monoisotopic (exact) mass is 242 g/mol. The van der Waals surface area contributed by atoms with Gasteiger partial charge in [-0.1, -0.05) is 6.07 Å². The van der Waals surface area contributed by atoms with Crippen molar-refractivity contribution in [2.75, 3.05) is 19.6 Å². The van der Waals surface area contributed by atoms with Crippen LogP contribution in [0.4, 0.5) is 0 Å². The molecule has 0 spiro atoms. The Labute approximate surface area is 100 Å². The van der Waals surface area contributed by atoms with Crippen LogP contribution in [0.3, 0.4) is 0 Å². The number of hydrogen-bond donors (Lipinski definition) is 0. The molecule has 0 aromatic heterocycles. The van der Waals surface area contributed by atoms with Crippen LogP contribution in [0.15, 0.2) is 18.2 Å². The van der Waals surface area contributed by atoms with Gasteiger partial charge < -0.3 is 9.47 Å². The van der Waals surface area contributed by atoms with Crippen molar-refractivity contribution in [3.8, 4) is 11.5 Å². The Morgan fingerprint density at radius 3 is 2.75 bits per heavy atom. The average molecular weight is 243 g/mol. The molecule has 4 heteroatoms. The zero-order valence-corrected chi connectivity index (χ0v) is 10.2. The first-order valence-corrected chi connectivity index (χ1v) is 5.61. The minimum atomic E-state index is -0.0419. The molecule has 0 unspecified atom stereocenters. The highest BCUT2D eigenvalue weighted by molar-refractivity contribution is 6.17. The van der Waals surface area contributed by atoms with E-state index in [9.17, 15) is 4.79 Å². The lowest BCUT2D eigenvalue weighted by Gasteiger charge is -2.13. The zero-order valence-electron chi connectivity index (χ0n) is 9.46. The molecule has 16 heavy (non-hydrogen) atoms. The summed E-state index contributed by atoms with van der Waals surface area (Å²) in [5.41, 5.74) is 0.536. The fraction of sp³-hybridized carbons (Fsp3) is 0.417. The van der Waals surface area contributed by atoms with Gasteiger partial charge in [0.25, 0.3) is 0 Å². The largest absolute Gasteiger partial charge is 0.493 e. The Morgan fingerprint density at radius 2 is 2.19 bits per heavy atom. The van der Waals surface area contributed by atoms with E-state index in [0.29, 0.717) is 29.5 Å². The number of alkyl halides is 1. The van der Waals surface area contributed by atoms with Gasteiger partial charge in [0.1, 0.15) is 0 Å². The molecule has 0 N–H and O–H groups in total. The first-order valence-electron chi connectivity index (χ1n) is 5.07. The lowest BCUT2D eigenvalue weighted by atomic mass is 10.1. The number of ether oxygens (including phenoxy) is 2. The number of carbonyl (C=O) groups is 1. The maximum absolute atomic E-state index is 11.4. The Kier molecular flexibility index (Phi) is 5.12. The molecular weight excluding hydrogens is 228 g/mol. The van der Waals surface area contributed by atoms with E-state index in [1.807, 2.05) is 0 Å². The summed E-state index contributed by atoms with van der Waals surface area (Å²) in [5.74, 6) is 1.56. The molecule has 0 aliphatic carbocycles. The van der Waals surface area contributed by atoms with Crippen LogP contribution in [0.2, 0.25) is 0 Å². The second-order valence-electron chi connectivity index (χ2n) is 3.28. The number of rotatable bonds is 6. The normalized spacial score (nSPS) is 9.94. The van der Waals surface area contributed by atoms with Gasteiger partial charge in [0.05, 0.1) is 19.3 Å². The van der Waals surface area contributed by atoms with Gasteiger partial charge >= 0.3 is 0 Å². The fourth-order valence-corrected chi connectivity index (χ4v) is 1.44. The second kappa shape index (κ2) is 6.38. The van der Waals surface area contributed by atoms with Crippen molar-refractivity contribution in [1.82, 2.24) is 0 Å². The van der Waals surface area contributed by atoms with Crippen LogP contribution in [-0.2, 0) is 0 Å². The summed E-state index contributed by atoms with van der Waals surface area (Å²) < 4.78 is 10.7. The number of ketones is 1. The first kappa shape index (κ1) is 12.8. The molecule has 1 rings (SSSR count). The van der Waals surface area contributed by atoms with Gasteiger partial charge in [0.2, 0.25) is 0 Å². The van der Waals surface area contributed by atoms with Gasteiger partial charge in [-0.3, -0.25) is 4.79 Å². The summed E-state index contributed by atoms with van der Waals surface area (Å²) >= 11 is 5.57. The summed E-state index contributed by atoms with van der Waals surface area (Å²) in [7, 11) is 1.55. The van der Waals surface area contributed by atoms with Crippen molar-refractivity contribution in [2.24, 2.45) is 0 Å². The van der Waals surface area contributed by atoms with E-state index in [2.05, 4.69) is 0 Å². The number of carbonyl (C=O) groups excluding carboxylic acids is 1. The van der Waals surface area contributed by atoms with E-state index < -0.39 is 0 Å². The SMILES string of the molecule is COc1cccc(C(C)=O)c1OCCCCl. The van der Waals surface area contributed by atoms with Gasteiger partial charge in [-0.25, -0.2) is 0 Å². The lowest BCUT2D eigenvalue weighted by molar-refractivity contribution is 0.101. The molecule has 0 atom stereocenters. The molecule has 0 amide bonds. The maximum Gasteiger partial charge on any atom is 0.171 e. The van der Waals surface area contributed by atoms with Crippen molar-refractivity contribution in [3.05, 3.63) is 23.8 Å². The van der Waals surface area contributed by atoms with Crippen molar-refractivity contribution in [1.29, 1.82) is 0 Å². The number of hydrogen-bond acceptors (Lipinski definition) is 3. The number of halogens is 1. The molecule has 0 bridgehead atoms. The Bertz CT molecular complexity index is 363. The van der Waals surface area contributed by atoms with Crippen molar-refractivity contribution in [2.45, 2.75) is 13.3 Å².